The van der Waals surface area contributed by atoms with E-state index in [1.165, 1.54) is 4.88 Å². The zero-order chi connectivity index (χ0) is 14.0. The number of rotatable bonds is 3. The summed E-state index contributed by atoms with van der Waals surface area (Å²) in [6.45, 7) is 6.35. The zero-order valence-corrected chi connectivity index (χ0v) is 12.1. The molecule has 3 N–H and O–H groups in total. The van der Waals surface area contributed by atoms with E-state index in [2.05, 4.69) is 10.3 Å². The lowest BCUT2D eigenvalue weighted by Gasteiger charge is -2.05. The molecule has 19 heavy (non-hydrogen) atoms. The molecular weight excluding hydrogens is 258 g/mol. The highest BCUT2D eigenvalue weighted by molar-refractivity contribution is 7.11. The minimum Gasteiger partial charge on any atom is -0.399 e. The average molecular weight is 275 g/mol. The molecule has 0 unspecified atom stereocenters. The van der Waals surface area contributed by atoms with Gasteiger partial charge in [-0.05, 0) is 44.5 Å². The smallest absolute Gasteiger partial charge is 0.251 e. The van der Waals surface area contributed by atoms with Gasteiger partial charge in [0.1, 0.15) is 5.01 Å². The van der Waals surface area contributed by atoms with Crippen molar-refractivity contribution in [2.75, 3.05) is 5.73 Å². The Kier molecular flexibility index (Phi) is 3.85. The Balaban J connectivity index is 2.03. The Morgan fingerprint density at radius 3 is 2.68 bits per heavy atom. The van der Waals surface area contributed by atoms with Crippen LogP contribution in [0.4, 0.5) is 5.69 Å². The number of aryl methyl sites for hydroxylation is 3. The van der Waals surface area contributed by atoms with Crippen LogP contribution in [0.5, 0.6) is 0 Å². The fraction of sp³-hybridized carbons (Fsp3) is 0.286. The molecule has 1 amide bonds. The topological polar surface area (TPSA) is 68.0 Å². The Labute approximate surface area is 116 Å². The van der Waals surface area contributed by atoms with Gasteiger partial charge in [-0.1, -0.05) is 0 Å². The molecule has 4 nitrogen and oxygen atoms in total. The Morgan fingerprint density at radius 1 is 1.37 bits per heavy atom. The average Bonchev–Trinajstić information content (AvgIpc) is 2.69. The van der Waals surface area contributed by atoms with Gasteiger partial charge in [0.2, 0.25) is 0 Å². The van der Waals surface area contributed by atoms with Gasteiger partial charge in [0.05, 0.1) is 12.2 Å². The molecule has 2 aromatic rings. The van der Waals surface area contributed by atoms with Crippen molar-refractivity contribution in [1.29, 1.82) is 0 Å². The number of amides is 1. The number of benzene rings is 1. The molecule has 0 spiro atoms. The number of hydrogen-bond donors (Lipinski definition) is 2. The third kappa shape index (κ3) is 3.12. The fourth-order valence-electron chi connectivity index (χ4n) is 1.69. The van der Waals surface area contributed by atoms with E-state index in [0.717, 1.165) is 16.3 Å². The molecule has 0 saturated carbocycles. The summed E-state index contributed by atoms with van der Waals surface area (Å²) in [6.07, 6.45) is 0. The molecule has 1 heterocycles. The van der Waals surface area contributed by atoms with Crippen LogP contribution in [-0.2, 0) is 6.54 Å². The van der Waals surface area contributed by atoms with E-state index in [0.29, 0.717) is 17.8 Å². The van der Waals surface area contributed by atoms with Crippen LogP contribution in [0.1, 0.15) is 31.5 Å². The first-order valence-corrected chi connectivity index (χ1v) is 6.86. The van der Waals surface area contributed by atoms with Crippen LogP contribution in [-0.4, -0.2) is 10.9 Å². The summed E-state index contributed by atoms with van der Waals surface area (Å²) >= 11 is 1.61. The molecular formula is C14H17N3OS. The van der Waals surface area contributed by atoms with E-state index in [-0.39, 0.29) is 5.91 Å². The lowest BCUT2D eigenvalue weighted by atomic mass is 10.1. The summed E-state index contributed by atoms with van der Waals surface area (Å²) in [5.74, 6) is -0.103. The highest BCUT2D eigenvalue weighted by atomic mass is 32.1. The van der Waals surface area contributed by atoms with Crippen molar-refractivity contribution in [3.8, 4) is 0 Å². The van der Waals surface area contributed by atoms with E-state index in [9.17, 15) is 4.79 Å². The molecule has 0 saturated heterocycles. The molecule has 0 fully saturated rings. The molecule has 0 aliphatic carbocycles. The predicted molar refractivity (Wildman–Crippen MR) is 78.3 cm³/mol. The maximum Gasteiger partial charge on any atom is 0.251 e. The van der Waals surface area contributed by atoms with Crippen LogP contribution in [0.15, 0.2) is 18.2 Å². The summed E-state index contributed by atoms with van der Waals surface area (Å²) in [7, 11) is 0. The second-order valence-corrected chi connectivity index (χ2v) is 5.79. The van der Waals surface area contributed by atoms with Crippen molar-refractivity contribution in [2.45, 2.75) is 27.3 Å². The zero-order valence-electron chi connectivity index (χ0n) is 11.3. The number of aromatic nitrogens is 1. The molecule has 0 atom stereocenters. The largest absolute Gasteiger partial charge is 0.399 e. The van der Waals surface area contributed by atoms with E-state index >= 15 is 0 Å². The quantitative estimate of drug-likeness (QED) is 0.846. The van der Waals surface area contributed by atoms with E-state index in [1.54, 1.807) is 29.5 Å². The maximum absolute atomic E-state index is 12.0. The van der Waals surface area contributed by atoms with Gasteiger partial charge in [-0.25, -0.2) is 4.98 Å². The standard InChI is InChI=1S/C14H17N3OS/c1-8-6-11(4-5-12(8)15)14(18)16-7-13-17-9(2)10(3)19-13/h4-6H,7,15H2,1-3H3,(H,16,18). The SMILES string of the molecule is Cc1cc(C(=O)NCc2nc(C)c(C)s2)ccc1N. The minimum absolute atomic E-state index is 0.103. The number of nitrogens with one attached hydrogen (secondary N) is 1. The van der Waals surface area contributed by atoms with E-state index < -0.39 is 0 Å². The van der Waals surface area contributed by atoms with Crippen LogP contribution in [0.2, 0.25) is 0 Å². The van der Waals surface area contributed by atoms with Gasteiger partial charge in [-0.15, -0.1) is 11.3 Å². The van der Waals surface area contributed by atoms with Gasteiger partial charge in [0, 0.05) is 16.1 Å². The van der Waals surface area contributed by atoms with Crippen molar-refractivity contribution in [3.63, 3.8) is 0 Å². The molecule has 0 aliphatic heterocycles. The first-order chi connectivity index (χ1) is 8.97. The summed E-state index contributed by atoms with van der Waals surface area (Å²) in [5, 5.41) is 3.80. The van der Waals surface area contributed by atoms with Gasteiger partial charge >= 0.3 is 0 Å². The number of carbonyl (C=O) groups excluding carboxylic acids is 1. The first-order valence-electron chi connectivity index (χ1n) is 6.04. The van der Waals surface area contributed by atoms with Crippen LogP contribution >= 0.6 is 11.3 Å². The third-order valence-electron chi connectivity index (χ3n) is 3.00. The number of nitrogen functional groups attached to an aromatic ring is 1. The molecule has 0 aliphatic rings. The molecule has 100 valence electrons. The molecule has 0 radical (unpaired) electrons. The number of anilines is 1. The van der Waals surface area contributed by atoms with Crippen molar-refractivity contribution in [2.24, 2.45) is 0 Å². The number of nitrogens with zero attached hydrogens (tertiary/aromatic N) is 1. The summed E-state index contributed by atoms with van der Waals surface area (Å²) < 4.78 is 0. The number of thiazole rings is 1. The second-order valence-electron chi connectivity index (χ2n) is 4.50. The molecule has 0 bridgehead atoms. The normalized spacial score (nSPS) is 10.5. The first kappa shape index (κ1) is 13.5. The maximum atomic E-state index is 12.0. The molecule has 5 heteroatoms. The van der Waals surface area contributed by atoms with Gasteiger partial charge in [-0.3, -0.25) is 4.79 Å². The number of nitrogens with two attached hydrogens (primary N) is 1. The highest BCUT2D eigenvalue weighted by Gasteiger charge is 2.09. The van der Waals surface area contributed by atoms with Crippen molar-refractivity contribution < 1.29 is 4.79 Å². The van der Waals surface area contributed by atoms with E-state index in [1.807, 2.05) is 20.8 Å². The van der Waals surface area contributed by atoms with Gasteiger partial charge in [0.25, 0.3) is 5.91 Å². The van der Waals surface area contributed by atoms with Crippen LogP contribution in [0, 0.1) is 20.8 Å². The van der Waals surface area contributed by atoms with Crippen LogP contribution in [0.25, 0.3) is 0 Å². The Bertz CT molecular complexity index is 600. The third-order valence-corrected chi connectivity index (χ3v) is 4.08. The van der Waals surface area contributed by atoms with Gasteiger partial charge in [-0.2, -0.15) is 0 Å². The Hall–Kier alpha value is -1.88. The minimum atomic E-state index is -0.103. The summed E-state index contributed by atoms with van der Waals surface area (Å²) in [4.78, 5) is 17.6. The van der Waals surface area contributed by atoms with Crippen LogP contribution < -0.4 is 11.1 Å². The number of hydrogen-bond acceptors (Lipinski definition) is 4. The molecule has 1 aromatic carbocycles. The molecule has 1 aromatic heterocycles. The lowest BCUT2D eigenvalue weighted by molar-refractivity contribution is 0.0951. The van der Waals surface area contributed by atoms with E-state index in [4.69, 9.17) is 5.73 Å². The fourth-order valence-corrected chi connectivity index (χ4v) is 2.56. The van der Waals surface area contributed by atoms with Crippen molar-refractivity contribution in [1.82, 2.24) is 10.3 Å². The second kappa shape index (κ2) is 5.40. The van der Waals surface area contributed by atoms with Crippen LogP contribution in [0.3, 0.4) is 0 Å². The monoisotopic (exact) mass is 275 g/mol. The Morgan fingerprint density at radius 2 is 2.11 bits per heavy atom. The number of carbonyl (C=O) groups is 1. The van der Waals surface area contributed by atoms with Gasteiger partial charge < -0.3 is 11.1 Å². The summed E-state index contributed by atoms with van der Waals surface area (Å²) in [5.41, 5.74) is 8.99. The van der Waals surface area contributed by atoms with Crippen molar-refractivity contribution >= 4 is 22.9 Å². The predicted octanol–water partition coefficient (Wildman–Crippen LogP) is 2.58. The van der Waals surface area contributed by atoms with Crippen molar-refractivity contribution in [3.05, 3.63) is 44.9 Å². The summed E-state index contributed by atoms with van der Waals surface area (Å²) in [6, 6.07) is 5.28. The highest BCUT2D eigenvalue weighted by Crippen LogP contribution is 2.16. The van der Waals surface area contributed by atoms with Gasteiger partial charge in [0.15, 0.2) is 0 Å². The molecule has 2 rings (SSSR count). The lowest BCUT2D eigenvalue weighted by Crippen LogP contribution is -2.22.